The van der Waals surface area contributed by atoms with Crippen molar-refractivity contribution in [3.63, 3.8) is 0 Å². The molecule has 0 aliphatic heterocycles. The Kier molecular flexibility index (Phi) is 4.46. The number of amides is 1. The number of nitrogens with one attached hydrogen (secondary N) is 1. The van der Waals surface area contributed by atoms with E-state index < -0.39 is 5.97 Å². The largest absolute Gasteiger partial charge is 0.478 e. The molecule has 1 aromatic carbocycles. The molecule has 2 aliphatic rings. The summed E-state index contributed by atoms with van der Waals surface area (Å²) in [5.74, 6) is 0.614. The van der Waals surface area contributed by atoms with Crippen LogP contribution in [0.5, 0.6) is 0 Å². The van der Waals surface area contributed by atoms with Gasteiger partial charge in [0.15, 0.2) is 0 Å². The van der Waals surface area contributed by atoms with Crippen molar-refractivity contribution in [2.24, 2.45) is 11.8 Å². The van der Waals surface area contributed by atoms with Gasteiger partial charge in [-0.25, -0.2) is 4.79 Å². The first-order chi connectivity index (χ1) is 10.6. The predicted octanol–water partition coefficient (Wildman–Crippen LogP) is 3.01. The fourth-order valence-corrected chi connectivity index (χ4v) is 3.67. The second-order valence-corrected chi connectivity index (χ2v) is 6.65. The van der Waals surface area contributed by atoms with Crippen molar-refractivity contribution in [2.75, 3.05) is 0 Å². The highest BCUT2D eigenvalue weighted by atomic mass is 16.4. The number of hydrogen-bond donors (Lipinski definition) is 2. The fraction of sp³-hybridized carbons (Fsp3) is 0.556. The van der Waals surface area contributed by atoms with Crippen molar-refractivity contribution in [2.45, 2.75) is 51.0 Å². The minimum atomic E-state index is -0.940. The van der Waals surface area contributed by atoms with Gasteiger partial charge in [0, 0.05) is 6.04 Å². The summed E-state index contributed by atoms with van der Waals surface area (Å²) >= 11 is 0. The number of aromatic carboxylic acids is 1. The number of rotatable bonds is 5. The monoisotopic (exact) mass is 301 g/mol. The standard InChI is InChI=1S/C18H23NO3/c20-17(10-12-6-8-14(9-7-12)18(21)22)19-16-11-15(16)13-4-2-1-3-5-13/h6-9,13,15-16H,1-5,10-11H2,(H,19,20)(H,21,22). The molecule has 0 saturated heterocycles. The van der Waals surface area contributed by atoms with E-state index in [-0.39, 0.29) is 11.5 Å². The molecule has 0 spiro atoms. The molecular weight excluding hydrogens is 278 g/mol. The minimum absolute atomic E-state index is 0.0476. The molecule has 4 nitrogen and oxygen atoms in total. The lowest BCUT2D eigenvalue weighted by molar-refractivity contribution is -0.120. The third-order valence-electron chi connectivity index (χ3n) is 5.01. The Bertz CT molecular complexity index is 546. The van der Waals surface area contributed by atoms with Gasteiger partial charge in [0.05, 0.1) is 12.0 Å². The summed E-state index contributed by atoms with van der Waals surface area (Å²) in [6.07, 6.45) is 8.17. The van der Waals surface area contributed by atoms with Crippen LogP contribution >= 0.6 is 0 Å². The average Bonchev–Trinajstić information content (AvgIpc) is 3.27. The summed E-state index contributed by atoms with van der Waals surface area (Å²) in [5, 5.41) is 12.0. The van der Waals surface area contributed by atoms with E-state index in [9.17, 15) is 9.59 Å². The quantitative estimate of drug-likeness (QED) is 0.878. The Balaban J connectivity index is 1.46. The molecule has 118 valence electrons. The van der Waals surface area contributed by atoms with Crippen LogP contribution < -0.4 is 5.32 Å². The average molecular weight is 301 g/mol. The van der Waals surface area contributed by atoms with Gasteiger partial charge >= 0.3 is 5.97 Å². The van der Waals surface area contributed by atoms with Gasteiger partial charge in [-0.15, -0.1) is 0 Å². The highest BCUT2D eigenvalue weighted by molar-refractivity contribution is 5.87. The number of benzene rings is 1. The van der Waals surface area contributed by atoms with E-state index in [4.69, 9.17) is 5.11 Å². The molecule has 1 aromatic rings. The molecule has 2 N–H and O–H groups in total. The number of hydrogen-bond acceptors (Lipinski definition) is 2. The Morgan fingerprint density at radius 3 is 2.41 bits per heavy atom. The van der Waals surface area contributed by atoms with Gasteiger partial charge in [-0.2, -0.15) is 0 Å². The molecule has 2 aliphatic carbocycles. The van der Waals surface area contributed by atoms with Gasteiger partial charge in [0.2, 0.25) is 5.91 Å². The van der Waals surface area contributed by atoms with Gasteiger partial charge in [-0.3, -0.25) is 4.79 Å². The molecule has 2 saturated carbocycles. The summed E-state index contributed by atoms with van der Waals surface area (Å²) in [6.45, 7) is 0. The van der Waals surface area contributed by atoms with Crippen molar-refractivity contribution in [1.29, 1.82) is 0 Å². The fourth-order valence-electron chi connectivity index (χ4n) is 3.67. The number of carboxylic acid groups (broad SMARTS) is 1. The van der Waals surface area contributed by atoms with Crippen LogP contribution in [-0.2, 0) is 11.2 Å². The zero-order valence-corrected chi connectivity index (χ0v) is 12.8. The lowest BCUT2D eigenvalue weighted by Gasteiger charge is -2.21. The highest BCUT2D eigenvalue weighted by Crippen LogP contribution is 2.44. The normalized spacial score (nSPS) is 24.7. The highest BCUT2D eigenvalue weighted by Gasteiger charge is 2.43. The lowest BCUT2D eigenvalue weighted by Crippen LogP contribution is -2.29. The van der Waals surface area contributed by atoms with Crippen molar-refractivity contribution in [1.82, 2.24) is 5.32 Å². The smallest absolute Gasteiger partial charge is 0.335 e. The zero-order chi connectivity index (χ0) is 15.5. The molecule has 2 atom stereocenters. The number of carboxylic acids is 1. The van der Waals surface area contributed by atoms with E-state index in [1.807, 2.05) is 0 Å². The molecule has 2 fully saturated rings. The van der Waals surface area contributed by atoms with Crippen LogP contribution in [0, 0.1) is 11.8 Å². The molecule has 0 heterocycles. The first-order valence-electron chi connectivity index (χ1n) is 8.25. The summed E-state index contributed by atoms with van der Waals surface area (Å²) in [5.41, 5.74) is 1.11. The minimum Gasteiger partial charge on any atom is -0.478 e. The van der Waals surface area contributed by atoms with E-state index in [2.05, 4.69) is 5.32 Å². The molecular formula is C18H23NO3. The SMILES string of the molecule is O=C(Cc1ccc(C(=O)O)cc1)NC1CC1C1CCCCC1. The second-order valence-electron chi connectivity index (χ2n) is 6.65. The molecule has 1 amide bonds. The second kappa shape index (κ2) is 6.51. The van der Waals surface area contributed by atoms with E-state index in [0.717, 1.165) is 17.9 Å². The van der Waals surface area contributed by atoms with Crippen molar-refractivity contribution in [3.8, 4) is 0 Å². The van der Waals surface area contributed by atoms with Crippen LogP contribution in [0.25, 0.3) is 0 Å². The van der Waals surface area contributed by atoms with Gasteiger partial charge < -0.3 is 10.4 Å². The van der Waals surface area contributed by atoms with E-state index in [1.165, 1.54) is 32.1 Å². The Hall–Kier alpha value is -1.84. The Morgan fingerprint density at radius 2 is 1.77 bits per heavy atom. The predicted molar refractivity (Wildman–Crippen MR) is 83.7 cm³/mol. The van der Waals surface area contributed by atoms with Gasteiger partial charge in [-0.1, -0.05) is 44.2 Å². The number of carbonyl (C=O) groups excluding carboxylic acids is 1. The maximum Gasteiger partial charge on any atom is 0.335 e. The molecule has 4 heteroatoms. The van der Waals surface area contributed by atoms with Crippen molar-refractivity contribution >= 4 is 11.9 Å². The Labute approximate surface area is 130 Å². The van der Waals surface area contributed by atoms with Crippen LogP contribution in [0.2, 0.25) is 0 Å². The summed E-state index contributed by atoms with van der Waals surface area (Å²) in [4.78, 5) is 22.9. The van der Waals surface area contributed by atoms with E-state index in [0.29, 0.717) is 18.4 Å². The van der Waals surface area contributed by atoms with Crippen LogP contribution in [0.4, 0.5) is 0 Å². The van der Waals surface area contributed by atoms with Crippen molar-refractivity contribution < 1.29 is 14.7 Å². The molecule has 0 bridgehead atoms. The summed E-state index contributed by atoms with van der Waals surface area (Å²) in [6, 6.07) is 6.90. The Morgan fingerprint density at radius 1 is 1.09 bits per heavy atom. The van der Waals surface area contributed by atoms with Crippen LogP contribution in [-0.4, -0.2) is 23.0 Å². The summed E-state index contributed by atoms with van der Waals surface area (Å²) < 4.78 is 0. The van der Waals surface area contributed by atoms with Crippen molar-refractivity contribution in [3.05, 3.63) is 35.4 Å². The third-order valence-corrected chi connectivity index (χ3v) is 5.01. The summed E-state index contributed by atoms with van der Waals surface area (Å²) in [7, 11) is 0. The zero-order valence-electron chi connectivity index (χ0n) is 12.8. The van der Waals surface area contributed by atoms with Gasteiger partial charge in [-0.05, 0) is 36.0 Å². The topological polar surface area (TPSA) is 66.4 Å². The van der Waals surface area contributed by atoms with Gasteiger partial charge in [0.1, 0.15) is 0 Å². The van der Waals surface area contributed by atoms with E-state index in [1.54, 1.807) is 24.3 Å². The molecule has 3 rings (SSSR count). The molecule has 2 unspecified atom stereocenters. The maximum absolute atomic E-state index is 12.1. The maximum atomic E-state index is 12.1. The third kappa shape index (κ3) is 3.67. The van der Waals surface area contributed by atoms with Crippen LogP contribution in [0.3, 0.4) is 0 Å². The van der Waals surface area contributed by atoms with Crippen LogP contribution in [0.15, 0.2) is 24.3 Å². The van der Waals surface area contributed by atoms with Gasteiger partial charge in [0.25, 0.3) is 0 Å². The first kappa shape index (κ1) is 15.1. The van der Waals surface area contributed by atoms with E-state index >= 15 is 0 Å². The number of carbonyl (C=O) groups is 2. The molecule has 22 heavy (non-hydrogen) atoms. The molecule has 0 aromatic heterocycles. The molecule has 0 radical (unpaired) electrons. The van der Waals surface area contributed by atoms with Crippen LogP contribution in [0.1, 0.15) is 54.4 Å². The first-order valence-corrected chi connectivity index (χ1v) is 8.25. The lowest BCUT2D eigenvalue weighted by atomic mass is 9.85.